The third-order valence-electron chi connectivity index (χ3n) is 5.12. The van der Waals surface area contributed by atoms with Gasteiger partial charge in [0.2, 0.25) is 5.71 Å². The zero-order valence-electron chi connectivity index (χ0n) is 12.5. The highest BCUT2D eigenvalue weighted by Crippen LogP contribution is 2.33. The van der Waals surface area contributed by atoms with Crippen molar-refractivity contribution in [1.82, 2.24) is 5.01 Å². The molecule has 3 rings (SSSR count). The van der Waals surface area contributed by atoms with Crippen LogP contribution in [-0.4, -0.2) is 35.5 Å². The van der Waals surface area contributed by atoms with E-state index < -0.39 is 0 Å². The molecule has 0 saturated heterocycles. The molecular weight excluding hydrogens is 251 g/mol. The fourth-order valence-corrected chi connectivity index (χ4v) is 3.81. The number of hydrazone groups is 1. The fourth-order valence-electron chi connectivity index (χ4n) is 3.81. The first kappa shape index (κ1) is 13.6. The fraction of sp³-hybridized carbons (Fsp3) is 0.588. The summed E-state index contributed by atoms with van der Waals surface area (Å²) in [5, 5.41) is 2.38. The number of benzene rings is 1. The van der Waals surface area contributed by atoms with Gasteiger partial charge < -0.3 is 0 Å². The topological polar surface area (TPSA) is 6.25 Å². The maximum Gasteiger partial charge on any atom is 0.215 e. The van der Waals surface area contributed by atoms with Crippen LogP contribution >= 0.6 is 0 Å². The Balaban J connectivity index is 1.80. The van der Waals surface area contributed by atoms with Gasteiger partial charge in [0.1, 0.15) is 5.82 Å². The molecule has 1 atom stereocenters. The van der Waals surface area contributed by atoms with Crippen LogP contribution < -0.4 is 0 Å². The first-order valence-electron chi connectivity index (χ1n) is 7.75. The SMILES string of the molecule is CN1C(C2CCCCC2)CC(c2ccc(F)cc2)=[N+]1C. The molecule has 3 heteroatoms. The van der Waals surface area contributed by atoms with Crippen LogP contribution in [0.5, 0.6) is 0 Å². The van der Waals surface area contributed by atoms with E-state index in [-0.39, 0.29) is 5.82 Å². The monoisotopic (exact) mass is 275 g/mol. The number of hydrazine groups is 1. The molecule has 1 unspecified atom stereocenters. The predicted molar refractivity (Wildman–Crippen MR) is 79.4 cm³/mol. The molecular formula is C17H24FN2+. The number of hydrogen-bond donors (Lipinski definition) is 0. The number of hydrogen-bond acceptors (Lipinski definition) is 1. The zero-order chi connectivity index (χ0) is 14.1. The van der Waals surface area contributed by atoms with Crippen LogP contribution in [0.3, 0.4) is 0 Å². The molecule has 1 aromatic rings. The van der Waals surface area contributed by atoms with E-state index >= 15 is 0 Å². The highest BCUT2D eigenvalue weighted by molar-refractivity contribution is 5.97. The van der Waals surface area contributed by atoms with E-state index in [1.807, 2.05) is 12.1 Å². The van der Waals surface area contributed by atoms with E-state index in [1.165, 1.54) is 37.8 Å². The van der Waals surface area contributed by atoms with Gasteiger partial charge in [-0.1, -0.05) is 19.3 Å². The molecule has 1 saturated carbocycles. The molecule has 1 heterocycles. The van der Waals surface area contributed by atoms with Gasteiger partial charge in [-0.05, 0) is 43.0 Å². The molecule has 1 aliphatic heterocycles. The van der Waals surface area contributed by atoms with Crippen molar-refractivity contribution < 1.29 is 9.07 Å². The van der Waals surface area contributed by atoms with Gasteiger partial charge in [0.25, 0.3) is 0 Å². The normalized spacial score (nSPS) is 24.6. The second-order valence-corrected chi connectivity index (χ2v) is 6.22. The largest absolute Gasteiger partial charge is 0.215 e. The maximum atomic E-state index is 13.1. The van der Waals surface area contributed by atoms with E-state index in [0.29, 0.717) is 6.04 Å². The van der Waals surface area contributed by atoms with Crippen LogP contribution in [0.2, 0.25) is 0 Å². The molecule has 108 valence electrons. The van der Waals surface area contributed by atoms with Crippen molar-refractivity contribution in [1.29, 1.82) is 0 Å². The third-order valence-corrected chi connectivity index (χ3v) is 5.12. The first-order valence-corrected chi connectivity index (χ1v) is 7.75. The summed E-state index contributed by atoms with van der Waals surface area (Å²) in [6.45, 7) is 0. The van der Waals surface area contributed by atoms with Gasteiger partial charge in [-0.25, -0.2) is 4.39 Å². The molecule has 1 aromatic carbocycles. The van der Waals surface area contributed by atoms with Crippen molar-refractivity contribution in [3.8, 4) is 0 Å². The minimum atomic E-state index is -0.160. The Morgan fingerprint density at radius 2 is 1.75 bits per heavy atom. The molecule has 0 amide bonds. The molecule has 2 nitrogen and oxygen atoms in total. The third kappa shape index (κ3) is 2.46. The summed E-state index contributed by atoms with van der Waals surface area (Å²) in [5.41, 5.74) is 2.47. The Labute approximate surface area is 120 Å². The minimum absolute atomic E-state index is 0.160. The Hall–Kier alpha value is -1.38. The summed E-state index contributed by atoms with van der Waals surface area (Å²) in [6, 6.07) is 7.53. The predicted octanol–water partition coefficient (Wildman–Crippen LogP) is 3.46. The van der Waals surface area contributed by atoms with E-state index in [9.17, 15) is 4.39 Å². The Bertz CT molecular complexity index is 500. The summed E-state index contributed by atoms with van der Waals surface area (Å²) < 4.78 is 15.3. The van der Waals surface area contributed by atoms with Gasteiger partial charge in [0.15, 0.2) is 7.05 Å². The van der Waals surface area contributed by atoms with Crippen LogP contribution in [-0.2, 0) is 0 Å². The second-order valence-electron chi connectivity index (χ2n) is 6.22. The van der Waals surface area contributed by atoms with E-state index in [0.717, 1.165) is 17.9 Å². The number of rotatable bonds is 2. The number of nitrogens with zero attached hydrogens (tertiary/aromatic N) is 2. The summed E-state index contributed by atoms with van der Waals surface area (Å²) in [6.07, 6.45) is 7.97. The van der Waals surface area contributed by atoms with Crippen molar-refractivity contribution in [2.45, 2.75) is 44.6 Å². The average Bonchev–Trinajstić information content (AvgIpc) is 2.77. The summed E-state index contributed by atoms with van der Waals surface area (Å²) >= 11 is 0. The van der Waals surface area contributed by atoms with Crippen molar-refractivity contribution in [3.63, 3.8) is 0 Å². The highest BCUT2D eigenvalue weighted by Gasteiger charge is 2.40. The summed E-state index contributed by atoms with van der Waals surface area (Å²) in [5.74, 6) is 0.654. The Morgan fingerprint density at radius 1 is 1.10 bits per heavy atom. The maximum absolute atomic E-state index is 13.1. The molecule has 0 aromatic heterocycles. The summed E-state index contributed by atoms with van der Waals surface area (Å²) in [7, 11) is 4.32. The molecule has 1 aliphatic carbocycles. The van der Waals surface area contributed by atoms with E-state index in [4.69, 9.17) is 0 Å². The van der Waals surface area contributed by atoms with E-state index in [1.54, 1.807) is 12.1 Å². The van der Waals surface area contributed by atoms with Crippen LogP contribution in [0, 0.1) is 11.7 Å². The van der Waals surface area contributed by atoms with Crippen molar-refractivity contribution in [3.05, 3.63) is 35.6 Å². The van der Waals surface area contributed by atoms with Gasteiger partial charge in [-0.3, -0.25) is 0 Å². The Morgan fingerprint density at radius 3 is 2.40 bits per heavy atom. The molecule has 0 bridgehead atoms. The average molecular weight is 275 g/mol. The lowest BCUT2D eigenvalue weighted by atomic mass is 9.82. The minimum Gasteiger partial charge on any atom is -0.207 e. The van der Waals surface area contributed by atoms with Gasteiger partial charge in [0, 0.05) is 5.56 Å². The smallest absolute Gasteiger partial charge is 0.207 e. The van der Waals surface area contributed by atoms with Crippen molar-refractivity contribution >= 4 is 5.71 Å². The van der Waals surface area contributed by atoms with Gasteiger partial charge in [-0.15, -0.1) is 4.68 Å². The van der Waals surface area contributed by atoms with Gasteiger partial charge >= 0.3 is 0 Å². The van der Waals surface area contributed by atoms with Gasteiger partial charge in [0.05, 0.1) is 19.5 Å². The lowest BCUT2D eigenvalue weighted by molar-refractivity contribution is -0.660. The molecule has 2 aliphatic rings. The molecule has 0 N–H and O–H groups in total. The van der Waals surface area contributed by atoms with Crippen molar-refractivity contribution in [2.75, 3.05) is 14.1 Å². The van der Waals surface area contributed by atoms with Crippen LogP contribution in [0.1, 0.15) is 44.1 Å². The van der Waals surface area contributed by atoms with Crippen LogP contribution in [0.25, 0.3) is 0 Å². The lowest BCUT2D eigenvalue weighted by Gasteiger charge is -2.29. The lowest BCUT2D eigenvalue weighted by Crippen LogP contribution is -2.38. The molecule has 0 radical (unpaired) electrons. The molecule has 1 fully saturated rings. The molecule has 0 spiro atoms. The Kier molecular flexibility index (Phi) is 3.77. The van der Waals surface area contributed by atoms with Gasteiger partial charge in [-0.2, -0.15) is 5.01 Å². The highest BCUT2D eigenvalue weighted by atomic mass is 19.1. The second kappa shape index (κ2) is 5.55. The van der Waals surface area contributed by atoms with Crippen molar-refractivity contribution in [2.24, 2.45) is 5.92 Å². The van der Waals surface area contributed by atoms with Crippen LogP contribution in [0.15, 0.2) is 24.3 Å². The first-order chi connectivity index (χ1) is 9.66. The quantitative estimate of drug-likeness (QED) is 0.749. The van der Waals surface area contributed by atoms with Crippen LogP contribution in [0.4, 0.5) is 4.39 Å². The molecule has 20 heavy (non-hydrogen) atoms. The zero-order valence-corrected chi connectivity index (χ0v) is 12.5. The standard InChI is InChI=1S/C17H24FN2/c1-19-16(13-6-4-3-5-7-13)12-17(20(19)2)14-8-10-15(18)11-9-14/h8-11,13,16H,3-7,12H2,1-2H3/q+1. The summed E-state index contributed by atoms with van der Waals surface area (Å²) in [4.78, 5) is 0. The van der Waals surface area contributed by atoms with E-state index in [2.05, 4.69) is 23.8 Å². The number of halogens is 1.